The Hall–Kier alpha value is -1.70. The molecule has 0 radical (unpaired) electrons. The molecule has 2 heterocycles. The molecule has 0 saturated heterocycles. The van der Waals surface area contributed by atoms with Crippen LogP contribution in [0.5, 0.6) is 0 Å². The smallest absolute Gasteiger partial charge is 0.333 e. The summed E-state index contributed by atoms with van der Waals surface area (Å²) in [7, 11) is 0. The number of hydrogen-bond donors (Lipinski definition) is 2. The second-order valence-corrected chi connectivity index (χ2v) is 11.2. The lowest BCUT2D eigenvalue weighted by molar-refractivity contribution is -0.178. The maximum Gasteiger partial charge on any atom is 0.333 e. The second kappa shape index (κ2) is 14.1. The first-order valence-electron chi connectivity index (χ1n) is 13.2. The Bertz CT molecular complexity index is 729. The molecule has 35 heavy (non-hydrogen) atoms. The van der Waals surface area contributed by atoms with Crippen molar-refractivity contribution in [2.24, 2.45) is 35.5 Å². The van der Waals surface area contributed by atoms with E-state index in [1.807, 2.05) is 0 Å². The van der Waals surface area contributed by atoms with Crippen molar-refractivity contribution >= 4 is 11.9 Å². The van der Waals surface area contributed by atoms with Gasteiger partial charge in [0.15, 0.2) is 0 Å². The van der Waals surface area contributed by atoms with Crippen LogP contribution in [0.25, 0.3) is 0 Å². The average molecular weight is 495 g/mol. The minimum atomic E-state index is -1.01. The molecule has 2 aliphatic carbocycles. The van der Waals surface area contributed by atoms with Crippen LogP contribution in [-0.4, -0.2) is 46.9 Å². The summed E-state index contributed by atoms with van der Waals surface area (Å²) in [5, 5.41) is 18.1. The van der Waals surface area contributed by atoms with Crippen molar-refractivity contribution < 1.29 is 34.0 Å². The van der Waals surface area contributed by atoms with Crippen LogP contribution in [-0.2, 0) is 23.8 Å². The Labute approximate surface area is 210 Å². The molecule has 8 atom stereocenters. The van der Waals surface area contributed by atoms with E-state index < -0.39 is 18.5 Å². The molecule has 7 heteroatoms. The van der Waals surface area contributed by atoms with Crippen LogP contribution in [0, 0.1) is 35.5 Å². The van der Waals surface area contributed by atoms with Gasteiger partial charge < -0.3 is 24.4 Å². The summed E-state index contributed by atoms with van der Waals surface area (Å²) >= 11 is 0. The number of aliphatic hydroxyl groups excluding tert-OH is 2. The number of carbonyl (C=O) groups is 2. The van der Waals surface area contributed by atoms with E-state index in [0.717, 1.165) is 18.8 Å². The lowest BCUT2D eigenvalue weighted by atomic mass is 9.75. The summed E-state index contributed by atoms with van der Waals surface area (Å²) in [5.74, 6) is 3.08. The number of carbonyl (C=O) groups excluding carboxylic acids is 2. The third-order valence-electron chi connectivity index (χ3n) is 7.51. The lowest BCUT2D eigenvalue weighted by Gasteiger charge is -2.37. The highest BCUT2D eigenvalue weighted by Gasteiger charge is 2.34. The molecule has 4 rings (SSSR count). The van der Waals surface area contributed by atoms with Crippen LogP contribution < -0.4 is 0 Å². The summed E-state index contributed by atoms with van der Waals surface area (Å²) in [5.41, 5.74) is 0. The van der Waals surface area contributed by atoms with Gasteiger partial charge in [0.1, 0.15) is 0 Å². The molecule has 2 N–H and O–H groups in total. The van der Waals surface area contributed by atoms with Gasteiger partial charge in [0.25, 0.3) is 0 Å². The molecule has 2 aliphatic heterocycles. The molecule has 7 nitrogen and oxygen atoms in total. The van der Waals surface area contributed by atoms with Gasteiger partial charge in [0.05, 0.1) is 12.2 Å². The molecule has 0 aromatic rings. The Kier molecular flexibility index (Phi) is 11.9. The molecular formula is C28H46O7. The quantitative estimate of drug-likeness (QED) is 0.543. The van der Waals surface area contributed by atoms with E-state index in [2.05, 4.69) is 46.3 Å². The highest BCUT2D eigenvalue weighted by atomic mass is 16.7. The first-order valence-corrected chi connectivity index (χ1v) is 13.2. The van der Waals surface area contributed by atoms with Crippen molar-refractivity contribution in [2.45, 2.75) is 105 Å². The van der Waals surface area contributed by atoms with Gasteiger partial charge in [-0.3, -0.25) is 0 Å². The standard InChI is InChI=1S/C14H22O3.C10H20O.C4H4O3/c1-9(2)11-5-4-10(3)8-12(11)16-14-7-6-13(15)17-14;1-7(2)9-5-4-8(3)6-10(9)11;5-3-1-2-4(6)7-3/h6-7,9-12,14H,4-5,8H2,1-3H3;7-11H,4-6H2,1-3H3;1-3,5H/t10?,11?,12?,14-;;/m1../s1. The van der Waals surface area contributed by atoms with Crippen molar-refractivity contribution in [3.05, 3.63) is 24.3 Å². The van der Waals surface area contributed by atoms with Crippen LogP contribution in [0.2, 0.25) is 0 Å². The van der Waals surface area contributed by atoms with Crippen molar-refractivity contribution in [3.8, 4) is 0 Å². The van der Waals surface area contributed by atoms with Crippen molar-refractivity contribution in [1.29, 1.82) is 0 Å². The molecular weight excluding hydrogens is 448 g/mol. The van der Waals surface area contributed by atoms with Gasteiger partial charge in [-0.2, -0.15) is 0 Å². The van der Waals surface area contributed by atoms with Crippen molar-refractivity contribution in [3.63, 3.8) is 0 Å². The first kappa shape index (κ1) is 29.5. The van der Waals surface area contributed by atoms with E-state index >= 15 is 0 Å². The molecule has 2 saturated carbocycles. The van der Waals surface area contributed by atoms with Gasteiger partial charge >= 0.3 is 11.9 Å². The zero-order valence-electron chi connectivity index (χ0n) is 22.3. The number of esters is 2. The minimum Gasteiger partial charge on any atom is -0.429 e. The van der Waals surface area contributed by atoms with Crippen LogP contribution >= 0.6 is 0 Å². The topological polar surface area (TPSA) is 102 Å². The molecule has 0 amide bonds. The number of hydrogen-bond acceptors (Lipinski definition) is 7. The normalized spacial score (nSPS) is 36.3. The third kappa shape index (κ3) is 10.1. The van der Waals surface area contributed by atoms with E-state index in [9.17, 15) is 14.7 Å². The Morgan fingerprint density at radius 1 is 0.800 bits per heavy atom. The molecule has 0 bridgehead atoms. The van der Waals surface area contributed by atoms with Gasteiger partial charge in [-0.25, -0.2) is 9.59 Å². The molecule has 4 aliphatic rings. The number of rotatable bonds is 4. The SMILES string of the molecule is CC1CCC(C(C)C)C(O)C1.CC1CCC(C(C)C)C(O[C@H]2C=CC(=O)O2)C1.O=C1C=CC(O)O1. The van der Waals surface area contributed by atoms with Crippen molar-refractivity contribution in [2.75, 3.05) is 0 Å². The summed E-state index contributed by atoms with van der Waals surface area (Å²) in [6, 6.07) is 0. The van der Waals surface area contributed by atoms with E-state index in [-0.39, 0.29) is 18.2 Å². The third-order valence-corrected chi connectivity index (χ3v) is 7.51. The summed E-state index contributed by atoms with van der Waals surface area (Å²) < 4.78 is 15.2. The number of ether oxygens (including phenoxy) is 3. The fraction of sp³-hybridized carbons (Fsp3) is 0.786. The van der Waals surface area contributed by atoms with E-state index in [1.54, 1.807) is 6.08 Å². The fourth-order valence-corrected chi connectivity index (χ4v) is 5.38. The largest absolute Gasteiger partial charge is 0.429 e. The molecule has 200 valence electrons. The van der Waals surface area contributed by atoms with E-state index in [0.29, 0.717) is 29.6 Å². The van der Waals surface area contributed by atoms with Crippen LogP contribution in [0.4, 0.5) is 0 Å². The maximum absolute atomic E-state index is 11.0. The van der Waals surface area contributed by atoms with Gasteiger partial charge in [0.2, 0.25) is 12.6 Å². The van der Waals surface area contributed by atoms with Crippen LogP contribution in [0.3, 0.4) is 0 Å². The fourth-order valence-electron chi connectivity index (χ4n) is 5.38. The number of aliphatic hydroxyl groups is 2. The minimum absolute atomic E-state index is 0.0289. The molecule has 7 unspecified atom stereocenters. The van der Waals surface area contributed by atoms with E-state index in [4.69, 9.17) is 14.6 Å². The van der Waals surface area contributed by atoms with Crippen LogP contribution in [0.15, 0.2) is 24.3 Å². The lowest BCUT2D eigenvalue weighted by Crippen LogP contribution is -2.36. The second-order valence-electron chi connectivity index (χ2n) is 11.2. The monoisotopic (exact) mass is 494 g/mol. The van der Waals surface area contributed by atoms with Crippen molar-refractivity contribution in [1.82, 2.24) is 0 Å². The Morgan fingerprint density at radius 3 is 1.77 bits per heavy atom. The summed E-state index contributed by atoms with van der Waals surface area (Å²) in [6.07, 6.45) is 11.5. The average Bonchev–Trinajstić information content (AvgIpc) is 3.35. The highest BCUT2D eigenvalue weighted by Crippen LogP contribution is 2.36. The summed E-state index contributed by atoms with van der Waals surface area (Å²) in [6.45, 7) is 13.4. The van der Waals surface area contributed by atoms with Crippen LogP contribution in [0.1, 0.15) is 80.1 Å². The molecule has 2 fully saturated rings. The zero-order chi connectivity index (χ0) is 26.1. The Balaban J connectivity index is 0.000000205. The highest BCUT2D eigenvalue weighted by molar-refractivity contribution is 5.84. The number of cyclic esters (lactones) is 2. The zero-order valence-corrected chi connectivity index (χ0v) is 22.3. The van der Waals surface area contributed by atoms with Gasteiger partial charge in [-0.1, -0.05) is 54.4 Å². The summed E-state index contributed by atoms with van der Waals surface area (Å²) in [4.78, 5) is 21.0. The predicted molar refractivity (Wildman–Crippen MR) is 134 cm³/mol. The maximum atomic E-state index is 11.0. The van der Waals surface area contributed by atoms with Gasteiger partial charge in [-0.15, -0.1) is 0 Å². The molecule has 0 aromatic carbocycles. The van der Waals surface area contributed by atoms with Gasteiger partial charge in [-0.05, 0) is 73.3 Å². The Morgan fingerprint density at radius 2 is 1.34 bits per heavy atom. The molecule has 0 aromatic heterocycles. The van der Waals surface area contributed by atoms with Gasteiger partial charge in [0, 0.05) is 12.2 Å². The van der Waals surface area contributed by atoms with E-state index in [1.165, 1.54) is 43.9 Å². The predicted octanol–water partition coefficient (Wildman–Crippen LogP) is 4.76. The first-order chi connectivity index (χ1) is 16.5. The molecule has 0 spiro atoms.